The molecule has 0 aromatic carbocycles. The molecule has 1 aromatic heterocycles. The number of carbonyl (C=O) groups is 1. The van der Waals surface area contributed by atoms with E-state index in [1.165, 1.54) is 0 Å². The Morgan fingerprint density at radius 2 is 2.36 bits per heavy atom. The zero-order chi connectivity index (χ0) is 15.2. The fourth-order valence-electron chi connectivity index (χ4n) is 3.44. The molecule has 1 unspecified atom stereocenters. The highest BCUT2D eigenvalue weighted by Crippen LogP contribution is 2.32. The molecule has 1 fully saturated rings. The third kappa shape index (κ3) is 3.97. The smallest absolute Gasteiger partial charge is 0.220 e. The Kier molecular flexibility index (Phi) is 5.27. The van der Waals surface area contributed by atoms with Crippen molar-refractivity contribution >= 4 is 5.91 Å². The molecule has 2 aliphatic rings. The van der Waals surface area contributed by atoms with E-state index < -0.39 is 0 Å². The SMILES string of the molecule is O=C(CC1CC=CCC1)NC[C@@H]1CCCO[C@H]1c1ccn[nH]1. The van der Waals surface area contributed by atoms with Crippen molar-refractivity contribution in [3.8, 4) is 0 Å². The van der Waals surface area contributed by atoms with E-state index in [2.05, 4.69) is 27.7 Å². The third-order valence-electron chi connectivity index (χ3n) is 4.69. The van der Waals surface area contributed by atoms with Crippen LogP contribution in [0, 0.1) is 11.8 Å². The molecule has 3 rings (SSSR count). The maximum atomic E-state index is 12.2. The van der Waals surface area contributed by atoms with E-state index in [9.17, 15) is 4.79 Å². The number of aromatic amines is 1. The molecule has 0 spiro atoms. The summed E-state index contributed by atoms with van der Waals surface area (Å²) in [5.74, 6) is 1.01. The fourth-order valence-corrected chi connectivity index (χ4v) is 3.44. The van der Waals surface area contributed by atoms with Crippen LogP contribution in [0.4, 0.5) is 0 Å². The van der Waals surface area contributed by atoms with Gasteiger partial charge in [-0.2, -0.15) is 5.10 Å². The number of H-pyrrole nitrogens is 1. The van der Waals surface area contributed by atoms with Crippen molar-refractivity contribution < 1.29 is 9.53 Å². The van der Waals surface area contributed by atoms with Gasteiger partial charge >= 0.3 is 0 Å². The maximum absolute atomic E-state index is 12.2. The van der Waals surface area contributed by atoms with Crippen LogP contribution in [-0.2, 0) is 9.53 Å². The summed E-state index contributed by atoms with van der Waals surface area (Å²) in [6.45, 7) is 1.47. The normalized spacial score (nSPS) is 28.5. The molecule has 2 heterocycles. The van der Waals surface area contributed by atoms with Crippen molar-refractivity contribution in [1.82, 2.24) is 15.5 Å². The van der Waals surface area contributed by atoms with E-state index >= 15 is 0 Å². The molecule has 0 radical (unpaired) electrons. The molecule has 1 aromatic rings. The Morgan fingerprint density at radius 1 is 1.41 bits per heavy atom. The van der Waals surface area contributed by atoms with E-state index in [4.69, 9.17) is 4.74 Å². The summed E-state index contributed by atoms with van der Waals surface area (Å²) >= 11 is 0. The molecule has 2 N–H and O–H groups in total. The fraction of sp³-hybridized carbons (Fsp3) is 0.647. The number of hydrogen-bond donors (Lipinski definition) is 2. The number of carbonyl (C=O) groups excluding carboxylic acids is 1. The number of rotatable bonds is 5. The van der Waals surface area contributed by atoms with E-state index in [-0.39, 0.29) is 12.0 Å². The highest BCUT2D eigenvalue weighted by Gasteiger charge is 2.29. The second-order valence-electron chi connectivity index (χ2n) is 6.36. The zero-order valence-electron chi connectivity index (χ0n) is 13.0. The van der Waals surface area contributed by atoms with Crippen LogP contribution in [0.5, 0.6) is 0 Å². The minimum Gasteiger partial charge on any atom is -0.372 e. The molecule has 1 aliphatic carbocycles. The Balaban J connectivity index is 1.48. The number of allylic oxidation sites excluding steroid dienone is 2. The molecule has 120 valence electrons. The number of aromatic nitrogens is 2. The molecule has 0 saturated carbocycles. The van der Waals surface area contributed by atoms with E-state index in [0.29, 0.717) is 24.8 Å². The van der Waals surface area contributed by atoms with E-state index in [1.54, 1.807) is 6.20 Å². The van der Waals surface area contributed by atoms with Crippen molar-refractivity contribution in [3.63, 3.8) is 0 Å². The second-order valence-corrected chi connectivity index (χ2v) is 6.36. The predicted molar refractivity (Wildman–Crippen MR) is 84.1 cm³/mol. The van der Waals surface area contributed by atoms with E-state index in [0.717, 1.165) is 44.4 Å². The molecule has 5 nitrogen and oxygen atoms in total. The monoisotopic (exact) mass is 303 g/mol. The van der Waals surface area contributed by atoms with Gasteiger partial charge in [-0.05, 0) is 44.1 Å². The summed E-state index contributed by atoms with van der Waals surface area (Å²) in [5, 5.41) is 10.1. The Bertz CT molecular complexity index is 498. The summed E-state index contributed by atoms with van der Waals surface area (Å²) in [4.78, 5) is 12.2. The maximum Gasteiger partial charge on any atom is 0.220 e. The molecule has 22 heavy (non-hydrogen) atoms. The lowest BCUT2D eigenvalue weighted by Crippen LogP contribution is -2.36. The first-order valence-electron chi connectivity index (χ1n) is 8.35. The van der Waals surface area contributed by atoms with Crippen molar-refractivity contribution in [2.24, 2.45) is 11.8 Å². The number of nitrogens with zero attached hydrogens (tertiary/aromatic N) is 1. The minimum absolute atomic E-state index is 0.0224. The lowest BCUT2D eigenvalue weighted by atomic mass is 9.90. The predicted octanol–water partition coefficient (Wildman–Crippen LogP) is 2.74. The summed E-state index contributed by atoms with van der Waals surface area (Å²) in [6, 6.07) is 1.96. The Morgan fingerprint density at radius 3 is 3.14 bits per heavy atom. The average Bonchev–Trinajstić information content (AvgIpc) is 3.08. The van der Waals surface area contributed by atoms with E-state index in [1.807, 2.05) is 6.07 Å². The largest absolute Gasteiger partial charge is 0.372 e. The first kappa shape index (κ1) is 15.3. The molecule has 1 amide bonds. The molecule has 1 saturated heterocycles. The van der Waals surface area contributed by atoms with Crippen LogP contribution < -0.4 is 5.32 Å². The quantitative estimate of drug-likeness (QED) is 0.822. The topological polar surface area (TPSA) is 67.0 Å². The average molecular weight is 303 g/mol. The van der Waals surface area contributed by atoms with Crippen LogP contribution in [-0.4, -0.2) is 29.3 Å². The summed E-state index contributed by atoms with van der Waals surface area (Å²) < 4.78 is 5.89. The van der Waals surface area contributed by atoms with Crippen molar-refractivity contribution in [2.45, 2.75) is 44.6 Å². The van der Waals surface area contributed by atoms with Crippen LogP contribution in [0.15, 0.2) is 24.4 Å². The summed E-state index contributed by atoms with van der Waals surface area (Å²) in [6.07, 6.45) is 12.2. The van der Waals surface area contributed by atoms with Crippen molar-refractivity contribution in [2.75, 3.05) is 13.2 Å². The zero-order valence-corrected chi connectivity index (χ0v) is 13.0. The second kappa shape index (κ2) is 7.58. The van der Waals surface area contributed by atoms with Gasteiger partial charge < -0.3 is 10.1 Å². The number of nitrogens with one attached hydrogen (secondary N) is 2. The summed E-state index contributed by atoms with van der Waals surface area (Å²) in [7, 11) is 0. The lowest BCUT2D eigenvalue weighted by Gasteiger charge is -2.31. The minimum atomic E-state index is 0.0224. The van der Waals surface area contributed by atoms with Gasteiger partial charge in [0, 0.05) is 31.7 Å². The van der Waals surface area contributed by atoms with Crippen LogP contribution in [0.3, 0.4) is 0 Å². The van der Waals surface area contributed by atoms with Crippen molar-refractivity contribution in [1.29, 1.82) is 0 Å². The molecule has 0 bridgehead atoms. The number of hydrogen-bond acceptors (Lipinski definition) is 3. The Labute approximate surface area is 131 Å². The van der Waals surface area contributed by atoms with Gasteiger partial charge in [0.25, 0.3) is 0 Å². The van der Waals surface area contributed by atoms with Crippen LogP contribution in [0.1, 0.15) is 50.3 Å². The first-order chi connectivity index (χ1) is 10.8. The lowest BCUT2D eigenvalue weighted by molar-refractivity contribution is -0.122. The van der Waals surface area contributed by atoms with Gasteiger partial charge in [-0.1, -0.05) is 12.2 Å². The van der Waals surface area contributed by atoms with Gasteiger partial charge in [0.1, 0.15) is 6.10 Å². The molecule has 3 atom stereocenters. The standard InChI is InChI=1S/C17H25N3O2/c21-16(11-13-5-2-1-3-6-13)18-12-14-7-4-10-22-17(14)15-8-9-19-20-15/h1-2,8-9,13-14,17H,3-7,10-12H2,(H,18,21)(H,19,20)/t13?,14-,17+/m0/s1. The summed E-state index contributed by atoms with van der Waals surface area (Å²) in [5.41, 5.74) is 1.01. The molecular formula is C17H25N3O2. The molecular weight excluding hydrogens is 278 g/mol. The molecule has 1 aliphatic heterocycles. The Hall–Kier alpha value is -1.62. The van der Waals surface area contributed by atoms with Crippen LogP contribution >= 0.6 is 0 Å². The van der Waals surface area contributed by atoms with Gasteiger partial charge in [-0.25, -0.2) is 0 Å². The third-order valence-corrected chi connectivity index (χ3v) is 4.69. The van der Waals surface area contributed by atoms with Crippen LogP contribution in [0.2, 0.25) is 0 Å². The van der Waals surface area contributed by atoms with Gasteiger partial charge in [-0.15, -0.1) is 0 Å². The van der Waals surface area contributed by atoms with Gasteiger partial charge in [-0.3, -0.25) is 9.89 Å². The van der Waals surface area contributed by atoms with Gasteiger partial charge in [0.2, 0.25) is 5.91 Å². The first-order valence-corrected chi connectivity index (χ1v) is 8.35. The molecule has 5 heteroatoms. The van der Waals surface area contributed by atoms with Crippen molar-refractivity contribution in [3.05, 3.63) is 30.1 Å². The highest BCUT2D eigenvalue weighted by atomic mass is 16.5. The van der Waals surface area contributed by atoms with Gasteiger partial charge in [0.15, 0.2) is 0 Å². The number of amides is 1. The number of ether oxygens (including phenoxy) is 1. The highest BCUT2D eigenvalue weighted by molar-refractivity contribution is 5.76. The van der Waals surface area contributed by atoms with Crippen LogP contribution in [0.25, 0.3) is 0 Å². The van der Waals surface area contributed by atoms with Gasteiger partial charge in [0.05, 0.1) is 5.69 Å².